The number of carbonyl (C=O) groups excluding carboxylic acids is 1. The molecule has 0 aliphatic carbocycles. The number of benzene rings is 1. The van der Waals surface area contributed by atoms with Gasteiger partial charge in [-0.3, -0.25) is 4.79 Å². The highest BCUT2D eigenvalue weighted by Crippen LogP contribution is 2.25. The molecule has 0 bridgehead atoms. The van der Waals surface area contributed by atoms with E-state index in [0.29, 0.717) is 5.92 Å². The highest BCUT2D eigenvalue weighted by atomic mass is 16.1. The third-order valence-corrected chi connectivity index (χ3v) is 5.25. The van der Waals surface area contributed by atoms with Crippen LogP contribution in [0.4, 0.5) is 0 Å². The average molecular weight is 378 g/mol. The molecule has 0 radical (unpaired) electrons. The summed E-state index contributed by atoms with van der Waals surface area (Å²) < 4.78 is 0. The Morgan fingerprint density at radius 1 is 0.963 bits per heavy atom. The number of Topliss-reactive ketones (excluding diaryl/α,β-unsaturated/α-hetero) is 1. The third kappa shape index (κ3) is 12.8. The molecule has 158 valence electrons. The van der Waals surface area contributed by atoms with Crippen molar-refractivity contribution < 1.29 is 4.79 Å². The van der Waals surface area contributed by atoms with Crippen LogP contribution in [0, 0.1) is 25.7 Å². The van der Waals surface area contributed by atoms with E-state index in [0.717, 1.165) is 6.42 Å². The predicted molar refractivity (Wildman–Crippen MR) is 122 cm³/mol. The van der Waals surface area contributed by atoms with E-state index < -0.39 is 0 Å². The number of aryl methyl sites for hydroxylation is 3. The monoisotopic (exact) mass is 377 g/mol. The Morgan fingerprint density at radius 2 is 1.48 bits per heavy atom. The van der Waals surface area contributed by atoms with Crippen molar-refractivity contribution in [3.63, 3.8) is 0 Å². The summed E-state index contributed by atoms with van der Waals surface area (Å²) >= 11 is 0. The molecule has 1 rings (SSSR count). The normalized spacial score (nSPS) is 11.2. The number of rotatable bonds is 10. The SMILES string of the molecule is CC.CCCCC(CCCC)C(C)C(=O)CN.CCc1ccc(C)c(C)c1. The molecular formula is C25H47NO. The molecule has 0 saturated heterocycles. The summed E-state index contributed by atoms with van der Waals surface area (Å²) in [6, 6.07) is 6.64. The fourth-order valence-electron chi connectivity index (χ4n) is 3.05. The summed E-state index contributed by atoms with van der Waals surface area (Å²) in [5.74, 6) is 0.946. The molecule has 1 atom stereocenters. The minimum absolute atomic E-state index is 0.160. The minimum atomic E-state index is 0.160. The second kappa shape index (κ2) is 18.2. The van der Waals surface area contributed by atoms with Gasteiger partial charge in [0, 0.05) is 5.92 Å². The highest BCUT2D eigenvalue weighted by molar-refractivity contribution is 5.82. The van der Waals surface area contributed by atoms with Gasteiger partial charge in [0.2, 0.25) is 0 Å². The summed E-state index contributed by atoms with van der Waals surface area (Å²) in [6.07, 6.45) is 8.40. The fourth-order valence-corrected chi connectivity index (χ4v) is 3.05. The van der Waals surface area contributed by atoms with Crippen LogP contribution in [0.1, 0.15) is 96.8 Å². The van der Waals surface area contributed by atoms with Crippen molar-refractivity contribution in [2.45, 2.75) is 100 Å². The molecule has 2 nitrogen and oxygen atoms in total. The molecule has 2 N–H and O–H groups in total. The Labute approximate surface area is 170 Å². The van der Waals surface area contributed by atoms with Crippen LogP contribution < -0.4 is 5.73 Å². The van der Waals surface area contributed by atoms with Crippen molar-refractivity contribution in [2.24, 2.45) is 17.6 Å². The van der Waals surface area contributed by atoms with E-state index in [1.54, 1.807) is 0 Å². The number of carbonyl (C=O) groups is 1. The number of unbranched alkanes of at least 4 members (excludes halogenated alkanes) is 2. The number of ketones is 1. The highest BCUT2D eigenvalue weighted by Gasteiger charge is 2.21. The first-order chi connectivity index (χ1) is 12.9. The lowest BCUT2D eigenvalue weighted by Crippen LogP contribution is -2.27. The maximum absolute atomic E-state index is 11.6. The van der Waals surface area contributed by atoms with Gasteiger partial charge >= 0.3 is 0 Å². The van der Waals surface area contributed by atoms with Crippen molar-refractivity contribution >= 4 is 5.78 Å². The summed E-state index contributed by atoms with van der Waals surface area (Å²) in [6.45, 7) is 17.1. The third-order valence-electron chi connectivity index (χ3n) is 5.25. The van der Waals surface area contributed by atoms with E-state index in [4.69, 9.17) is 5.73 Å². The molecule has 2 heteroatoms. The Kier molecular flexibility index (Phi) is 18.9. The van der Waals surface area contributed by atoms with Crippen LogP contribution in [0.5, 0.6) is 0 Å². The Bertz CT molecular complexity index is 473. The fraction of sp³-hybridized carbons (Fsp3) is 0.720. The van der Waals surface area contributed by atoms with E-state index in [-0.39, 0.29) is 18.2 Å². The molecule has 0 fully saturated rings. The molecule has 0 heterocycles. The Hall–Kier alpha value is -1.15. The zero-order chi connectivity index (χ0) is 21.2. The van der Waals surface area contributed by atoms with Crippen LogP contribution >= 0.6 is 0 Å². The Morgan fingerprint density at radius 3 is 1.85 bits per heavy atom. The minimum Gasteiger partial charge on any atom is -0.324 e. The van der Waals surface area contributed by atoms with Crippen molar-refractivity contribution in [2.75, 3.05) is 6.54 Å². The van der Waals surface area contributed by atoms with Gasteiger partial charge in [0.15, 0.2) is 0 Å². The van der Waals surface area contributed by atoms with E-state index in [1.165, 1.54) is 55.2 Å². The van der Waals surface area contributed by atoms with Crippen LogP contribution in [0.3, 0.4) is 0 Å². The van der Waals surface area contributed by atoms with Crippen molar-refractivity contribution in [1.29, 1.82) is 0 Å². The maximum atomic E-state index is 11.6. The van der Waals surface area contributed by atoms with Gasteiger partial charge in [-0.1, -0.05) is 85.4 Å². The molecule has 0 spiro atoms. The summed E-state index contributed by atoms with van der Waals surface area (Å²) in [7, 11) is 0. The van der Waals surface area contributed by atoms with Gasteiger partial charge in [0.1, 0.15) is 5.78 Å². The van der Waals surface area contributed by atoms with E-state index in [2.05, 4.69) is 52.8 Å². The zero-order valence-corrected chi connectivity index (χ0v) is 19.5. The average Bonchev–Trinajstić information content (AvgIpc) is 2.71. The predicted octanol–water partition coefficient (Wildman–Crippen LogP) is 7.04. The van der Waals surface area contributed by atoms with Gasteiger partial charge in [-0.15, -0.1) is 0 Å². The zero-order valence-electron chi connectivity index (χ0n) is 19.5. The van der Waals surface area contributed by atoms with Crippen LogP contribution in [-0.4, -0.2) is 12.3 Å². The molecule has 1 aromatic carbocycles. The van der Waals surface area contributed by atoms with E-state index in [9.17, 15) is 4.79 Å². The van der Waals surface area contributed by atoms with Crippen molar-refractivity contribution in [3.8, 4) is 0 Å². The molecular weight excluding hydrogens is 330 g/mol. The first-order valence-electron chi connectivity index (χ1n) is 11.2. The molecule has 0 aliphatic heterocycles. The molecule has 27 heavy (non-hydrogen) atoms. The number of hydrogen-bond donors (Lipinski definition) is 1. The van der Waals surface area contributed by atoms with Crippen LogP contribution in [0.2, 0.25) is 0 Å². The topological polar surface area (TPSA) is 43.1 Å². The van der Waals surface area contributed by atoms with Crippen LogP contribution in [0.15, 0.2) is 18.2 Å². The number of hydrogen-bond acceptors (Lipinski definition) is 2. The Balaban J connectivity index is 0. The van der Waals surface area contributed by atoms with Gasteiger partial charge in [-0.25, -0.2) is 0 Å². The lowest BCUT2D eigenvalue weighted by atomic mass is 9.83. The van der Waals surface area contributed by atoms with Crippen molar-refractivity contribution in [3.05, 3.63) is 34.9 Å². The van der Waals surface area contributed by atoms with E-state index in [1.807, 2.05) is 20.8 Å². The quantitative estimate of drug-likeness (QED) is 0.475. The van der Waals surface area contributed by atoms with Crippen molar-refractivity contribution in [1.82, 2.24) is 0 Å². The maximum Gasteiger partial charge on any atom is 0.149 e. The molecule has 1 unspecified atom stereocenters. The molecule has 0 amide bonds. The van der Waals surface area contributed by atoms with Gasteiger partial charge in [-0.2, -0.15) is 0 Å². The number of nitrogens with two attached hydrogens (primary N) is 1. The second-order valence-corrected chi connectivity index (χ2v) is 7.28. The largest absolute Gasteiger partial charge is 0.324 e. The molecule has 0 aliphatic rings. The summed E-state index contributed by atoms with van der Waals surface area (Å²) in [4.78, 5) is 11.6. The molecule has 0 aromatic heterocycles. The first-order valence-corrected chi connectivity index (χ1v) is 11.2. The van der Waals surface area contributed by atoms with Crippen LogP contribution in [-0.2, 0) is 11.2 Å². The standard InChI is InChI=1S/C13H27NO.C10H14.C2H6/c1-4-6-8-12(9-7-5-2)11(3)13(15)10-14;1-4-10-6-5-8(2)9(3)7-10;1-2/h11-12H,4-10,14H2,1-3H3;5-7H,4H2,1-3H3;1-2H3. The lowest BCUT2D eigenvalue weighted by molar-refractivity contribution is -0.122. The van der Waals surface area contributed by atoms with Gasteiger partial charge < -0.3 is 5.73 Å². The van der Waals surface area contributed by atoms with Gasteiger partial charge in [0.25, 0.3) is 0 Å². The first kappa shape index (κ1) is 28.1. The van der Waals surface area contributed by atoms with E-state index >= 15 is 0 Å². The van der Waals surface area contributed by atoms with Gasteiger partial charge in [0.05, 0.1) is 6.54 Å². The summed E-state index contributed by atoms with van der Waals surface area (Å²) in [5, 5.41) is 0. The summed E-state index contributed by atoms with van der Waals surface area (Å²) in [5.41, 5.74) is 9.64. The van der Waals surface area contributed by atoms with Crippen LogP contribution in [0.25, 0.3) is 0 Å². The molecule has 0 saturated carbocycles. The lowest BCUT2D eigenvalue weighted by Gasteiger charge is -2.22. The smallest absolute Gasteiger partial charge is 0.149 e. The van der Waals surface area contributed by atoms with Gasteiger partial charge in [-0.05, 0) is 55.7 Å². The second-order valence-electron chi connectivity index (χ2n) is 7.28. The molecule has 1 aromatic rings.